The molecule has 1 aromatic rings. The van der Waals surface area contributed by atoms with Crippen molar-refractivity contribution in [1.82, 2.24) is 10.2 Å². The fraction of sp³-hybridized carbons (Fsp3) is 0.579. The number of nitrogens with zero attached hydrogens (tertiary/aromatic N) is 1. The normalized spacial score (nSPS) is 21.3. The van der Waals surface area contributed by atoms with E-state index < -0.39 is 5.54 Å². The van der Waals surface area contributed by atoms with Gasteiger partial charge in [0, 0.05) is 10.6 Å². The highest BCUT2D eigenvalue weighted by Gasteiger charge is 2.48. The Morgan fingerprint density at radius 3 is 2.65 bits per heavy atom. The quantitative estimate of drug-likeness (QED) is 0.676. The maximum Gasteiger partial charge on any atom is 0.329 e. The van der Waals surface area contributed by atoms with E-state index in [-0.39, 0.29) is 18.6 Å². The first-order valence-electron chi connectivity index (χ1n) is 8.94. The molecule has 0 radical (unpaired) electrons. The van der Waals surface area contributed by atoms with Gasteiger partial charge in [0.25, 0.3) is 5.91 Å². The number of amides is 3. The minimum Gasteiger partial charge on any atom is -0.496 e. The average Bonchev–Trinajstić information content (AvgIpc) is 2.77. The minimum atomic E-state index is -0.810. The maximum absolute atomic E-state index is 12.8. The summed E-state index contributed by atoms with van der Waals surface area (Å²) in [6.07, 6.45) is 1.53. The first-order valence-corrected chi connectivity index (χ1v) is 9.32. The summed E-state index contributed by atoms with van der Waals surface area (Å²) in [4.78, 5) is 27.4. The third kappa shape index (κ3) is 4.68. The summed E-state index contributed by atoms with van der Waals surface area (Å²) >= 11 is 6.08. The smallest absolute Gasteiger partial charge is 0.329 e. The van der Waals surface area contributed by atoms with Crippen LogP contribution in [0.25, 0.3) is 0 Å². The highest BCUT2D eigenvalue weighted by molar-refractivity contribution is 6.30. The molecule has 1 aliphatic rings. The number of urea groups is 1. The van der Waals surface area contributed by atoms with E-state index in [4.69, 9.17) is 16.3 Å². The molecule has 2 N–H and O–H groups in total. The van der Waals surface area contributed by atoms with Crippen LogP contribution in [0.4, 0.5) is 4.79 Å². The van der Waals surface area contributed by atoms with Gasteiger partial charge in [0.15, 0.2) is 6.67 Å². The number of carbonyl (C=O) groups excluding carboxylic acids is 2. The fourth-order valence-corrected chi connectivity index (χ4v) is 3.37. The summed E-state index contributed by atoms with van der Waals surface area (Å²) in [6, 6.07) is 5.12. The van der Waals surface area contributed by atoms with Crippen LogP contribution in [0.5, 0.6) is 5.75 Å². The van der Waals surface area contributed by atoms with Crippen LogP contribution in [0.3, 0.4) is 0 Å². The summed E-state index contributed by atoms with van der Waals surface area (Å²) < 4.78 is 5.37. The van der Waals surface area contributed by atoms with Crippen molar-refractivity contribution >= 4 is 23.5 Å². The molecular weight excluding hydrogens is 354 g/mol. The van der Waals surface area contributed by atoms with Gasteiger partial charge in [-0.05, 0) is 43.9 Å². The third-order valence-corrected chi connectivity index (χ3v) is 4.96. The molecule has 0 spiro atoms. The van der Waals surface area contributed by atoms with Crippen molar-refractivity contribution < 1.29 is 19.2 Å². The van der Waals surface area contributed by atoms with Crippen molar-refractivity contribution in [2.75, 3.05) is 20.8 Å². The molecule has 1 fully saturated rings. The Bertz CT molecular complexity index is 680. The zero-order valence-corrected chi connectivity index (χ0v) is 16.9. The lowest BCUT2D eigenvalue weighted by molar-refractivity contribution is -0.901. The van der Waals surface area contributed by atoms with Gasteiger partial charge in [-0.1, -0.05) is 25.4 Å². The Kier molecular flexibility index (Phi) is 6.53. The second kappa shape index (κ2) is 8.27. The molecule has 144 valence electrons. The molecule has 1 aromatic carbocycles. The number of quaternary nitrogens is 1. The van der Waals surface area contributed by atoms with E-state index in [1.54, 1.807) is 13.2 Å². The third-order valence-electron chi connectivity index (χ3n) is 4.73. The van der Waals surface area contributed by atoms with Crippen molar-refractivity contribution in [1.29, 1.82) is 0 Å². The molecule has 0 aromatic heterocycles. The van der Waals surface area contributed by atoms with Gasteiger partial charge in [-0.3, -0.25) is 4.79 Å². The van der Waals surface area contributed by atoms with Gasteiger partial charge in [-0.25, -0.2) is 9.69 Å². The monoisotopic (exact) mass is 382 g/mol. The molecule has 2 rings (SSSR count). The molecule has 1 heterocycles. The number of hydrogen-bond donors (Lipinski definition) is 2. The number of carbonyl (C=O) groups is 2. The van der Waals surface area contributed by atoms with Crippen molar-refractivity contribution in [3.05, 3.63) is 28.8 Å². The van der Waals surface area contributed by atoms with Gasteiger partial charge in [0.2, 0.25) is 0 Å². The lowest BCUT2D eigenvalue weighted by Crippen LogP contribution is -3.09. The van der Waals surface area contributed by atoms with Gasteiger partial charge in [-0.2, -0.15) is 0 Å². The number of methoxy groups -OCH3 is 1. The van der Waals surface area contributed by atoms with Crippen LogP contribution in [-0.2, 0) is 11.3 Å². The highest BCUT2D eigenvalue weighted by Crippen LogP contribution is 2.24. The molecule has 2 atom stereocenters. The molecule has 7 heteroatoms. The zero-order chi connectivity index (χ0) is 19.5. The van der Waals surface area contributed by atoms with Crippen LogP contribution in [0, 0.1) is 5.92 Å². The van der Waals surface area contributed by atoms with E-state index in [0.29, 0.717) is 23.9 Å². The second-order valence-corrected chi connectivity index (χ2v) is 8.11. The van der Waals surface area contributed by atoms with Gasteiger partial charge >= 0.3 is 6.03 Å². The fourth-order valence-electron chi connectivity index (χ4n) is 3.17. The van der Waals surface area contributed by atoms with Crippen molar-refractivity contribution in [2.24, 2.45) is 5.92 Å². The van der Waals surface area contributed by atoms with Gasteiger partial charge < -0.3 is 15.0 Å². The Labute approximate surface area is 160 Å². The predicted molar refractivity (Wildman–Crippen MR) is 101 cm³/mol. The first kappa shape index (κ1) is 20.5. The second-order valence-electron chi connectivity index (χ2n) is 7.68. The van der Waals surface area contributed by atoms with Gasteiger partial charge in [0.05, 0.1) is 14.2 Å². The number of ether oxygens (including phenoxy) is 1. The van der Waals surface area contributed by atoms with Crippen molar-refractivity contribution in [3.8, 4) is 5.75 Å². The van der Waals surface area contributed by atoms with Crippen molar-refractivity contribution in [2.45, 2.75) is 45.7 Å². The van der Waals surface area contributed by atoms with E-state index in [1.807, 2.05) is 26.1 Å². The van der Waals surface area contributed by atoms with Crippen molar-refractivity contribution in [3.63, 3.8) is 0 Å². The van der Waals surface area contributed by atoms with E-state index >= 15 is 0 Å². The molecule has 1 saturated heterocycles. The van der Waals surface area contributed by atoms with E-state index in [2.05, 4.69) is 19.2 Å². The minimum absolute atomic E-state index is 0.152. The van der Waals surface area contributed by atoms with Crippen LogP contribution in [-0.4, -0.2) is 43.2 Å². The van der Waals surface area contributed by atoms with Crippen LogP contribution < -0.4 is 15.0 Å². The average molecular weight is 383 g/mol. The first-order chi connectivity index (χ1) is 12.2. The van der Waals surface area contributed by atoms with E-state index in [0.717, 1.165) is 22.6 Å². The Hall–Kier alpha value is -1.79. The van der Waals surface area contributed by atoms with Crippen LogP contribution in [0.1, 0.15) is 39.2 Å². The molecule has 1 unspecified atom stereocenters. The molecule has 0 saturated carbocycles. The number of hydrogen-bond acceptors (Lipinski definition) is 3. The molecule has 1 aliphatic heterocycles. The predicted octanol–water partition coefficient (Wildman–Crippen LogP) is 2.07. The standard InChI is InChI=1S/C19H28ClN3O3/c1-13(2)8-9-19(3)17(24)23(18(25)21-19)12-22(4)11-14-10-15(20)6-7-16(14)26-5/h6-7,10,13H,8-9,11-12H2,1-5H3,(H,21,25)/p+1/t19-/m1/s1. The van der Waals surface area contributed by atoms with Crippen LogP contribution in [0.15, 0.2) is 18.2 Å². The van der Waals surface area contributed by atoms with Gasteiger partial charge in [-0.15, -0.1) is 0 Å². The summed E-state index contributed by atoms with van der Waals surface area (Å²) in [6.45, 7) is 6.91. The summed E-state index contributed by atoms with van der Waals surface area (Å²) in [5.74, 6) is 1.07. The van der Waals surface area contributed by atoms with Crippen LogP contribution >= 0.6 is 11.6 Å². The number of benzene rings is 1. The number of nitrogens with one attached hydrogen (secondary N) is 2. The Morgan fingerprint density at radius 2 is 2.04 bits per heavy atom. The lowest BCUT2D eigenvalue weighted by atomic mass is 9.92. The maximum atomic E-state index is 12.8. The topological polar surface area (TPSA) is 63.1 Å². The number of rotatable bonds is 8. The zero-order valence-electron chi connectivity index (χ0n) is 16.2. The molecule has 6 nitrogen and oxygen atoms in total. The summed E-state index contributed by atoms with van der Waals surface area (Å²) in [7, 11) is 3.55. The highest BCUT2D eigenvalue weighted by atomic mass is 35.5. The van der Waals surface area contributed by atoms with E-state index in [1.165, 1.54) is 4.90 Å². The van der Waals surface area contributed by atoms with E-state index in [9.17, 15) is 9.59 Å². The summed E-state index contributed by atoms with van der Waals surface area (Å²) in [5, 5.41) is 3.49. The molecule has 0 aliphatic carbocycles. The largest absolute Gasteiger partial charge is 0.496 e. The Morgan fingerprint density at radius 1 is 1.35 bits per heavy atom. The lowest BCUT2D eigenvalue weighted by Gasteiger charge is -2.24. The van der Waals surface area contributed by atoms with Gasteiger partial charge in [0.1, 0.15) is 17.8 Å². The van der Waals surface area contributed by atoms with Crippen LogP contribution in [0.2, 0.25) is 5.02 Å². The SMILES string of the molecule is COc1ccc(Cl)cc1C[NH+](C)CN1C(=O)N[C@](C)(CCC(C)C)C1=O. The Balaban J connectivity index is 2.05. The summed E-state index contributed by atoms with van der Waals surface area (Å²) in [5.41, 5.74) is 0.127. The number of halogens is 1. The molecule has 0 bridgehead atoms. The number of imide groups is 1. The molecular formula is C19H29ClN3O3+. The molecule has 26 heavy (non-hydrogen) atoms. The molecule has 3 amide bonds.